The SMILES string of the molecule is CNCC(CCCOc1ccccc1)c1cccc(Br)c1. The minimum absolute atomic E-state index is 0.520. The fourth-order valence-corrected chi connectivity index (χ4v) is 2.85. The molecule has 0 heterocycles. The van der Waals surface area contributed by atoms with Crippen molar-refractivity contribution in [2.45, 2.75) is 18.8 Å². The summed E-state index contributed by atoms with van der Waals surface area (Å²) in [5.41, 5.74) is 1.37. The van der Waals surface area contributed by atoms with Crippen molar-refractivity contribution in [1.29, 1.82) is 0 Å². The summed E-state index contributed by atoms with van der Waals surface area (Å²) in [6.07, 6.45) is 2.16. The lowest BCUT2D eigenvalue weighted by atomic mass is 9.94. The van der Waals surface area contributed by atoms with E-state index in [9.17, 15) is 0 Å². The second-order valence-corrected chi connectivity index (χ2v) is 6.03. The first kappa shape index (κ1) is 16.1. The summed E-state index contributed by atoms with van der Waals surface area (Å²) in [5, 5.41) is 3.29. The standard InChI is InChI=1S/C18H22BrNO/c1-20-14-16(15-7-5-9-17(19)13-15)8-6-12-21-18-10-3-2-4-11-18/h2-5,7,9-11,13,16,20H,6,8,12,14H2,1H3. The molecule has 1 N–H and O–H groups in total. The first-order valence-corrected chi connectivity index (χ1v) is 8.17. The van der Waals surface area contributed by atoms with Crippen molar-refractivity contribution in [3.05, 3.63) is 64.6 Å². The van der Waals surface area contributed by atoms with Gasteiger partial charge in [-0.05, 0) is 55.6 Å². The fourth-order valence-electron chi connectivity index (χ4n) is 2.43. The summed E-state index contributed by atoms with van der Waals surface area (Å²) in [5.74, 6) is 1.47. The van der Waals surface area contributed by atoms with Gasteiger partial charge in [-0.2, -0.15) is 0 Å². The van der Waals surface area contributed by atoms with Gasteiger partial charge in [0.2, 0.25) is 0 Å². The summed E-state index contributed by atoms with van der Waals surface area (Å²) in [7, 11) is 2.01. The zero-order valence-corrected chi connectivity index (χ0v) is 14.0. The number of nitrogens with one attached hydrogen (secondary N) is 1. The molecule has 0 aromatic heterocycles. The molecule has 0 amide bonds. The van der Waals surface area contributed by atoms with Gasteiger partial charge in [-0.15, -0.1) is 0 Å². The Kier molecular flexibility index (Phi) is 6.77. The second-order valence-electron chi connectivity index (χ2n) is 5.11. The summed E-state index contributed by atoms with van der Waals surface area (Å²) < 4.78 is 6.90. The molecule has 0 aliphatic carbocycles. The monoisotopic (exact) mass is 347 g/mol. The van der Waals surface area contributed by atoms with E-state index in [1.54, 1.807) is 0 Å². The molecule has 2 aromatic carbocycles. The zero-order chi connectivity index (χ0) is 14.9. The first-order valence-electron chi connectivity index (χ1n) is 7.37. The summed E-state index contributed by atoms with van der Waals surface area (Å²) >= 11 is 3.55. The average molecular weight is 348 g/mol. The molecule has 0 radical (unpaired) electrons. The Labute approximate surface area is 135 Å². The lowest BCUT2D eigenvalue weighted by Gasteiger charge is -2.17. The Bertz CT molecular complexity index is 530. The van der Waals surface area contributed by atoms with Crippen molar-refractivity contribution in [3.8, 4) is 5.75 Å². The highest BCUT2D eigenvalue weighted by Crippen LogP contribution is 2.24. The van der Waals surface area contributed by atoms with Crippen molar-refractivity contribution < 1.29 is 4.74 Å². The third-order valence-electron chi connectivity index (χ3n) is 3.48. The van der Waals surface area contributed by atoms with Crippen LogP contribution in [0.25, 0.3) is 0 Å². The summed E-state index contributed by atoms with van der Waals surface area (Å²) in [6.45, 7) is 1.75. The predicted octanol–water partition coefficient (Wildman–Crippen LogP) is 4.61. The minimum Gasteiger partial charge on any atom is -0.494 e. The molecule has 0 saturated carbocycles. The largest absolute Gasteiger partial charge is 0.494 e. The van der Waals surface area contributed by atoms with Crippen molar-refractivity contribution in [2.75, 3.05) is 20.2 Å². The van der Waals surface area contributed by atoms with Gasteiger partial charge in [-0.25, -0.2) is 0 Å². The maximum atomic E-state index is 5.76. The van der Waals surface area contributed by atoms with E-state index in [1.165, 1.54) is 5.56 Å². The van der Waals surface area contributed by atoms with Crippen LogP contribution in [0, 0.1) is 0 Å². The van der Waals surface area contributed by atoms with E-state index in [1.807, 2.05) is 37.4 Å². The normalized spacial score (nSPS) is 12.1. The van der Waals surface area contributed by atoms with Gasteiger partial charge in [-0.3, -0.25) is 0 Å². The van der Waals surface area contributed by atoms with Gasteiger partial charge in [0.15, 0.2) is 0 Å². The molecule has 21 heavy (non-hydrogen) atoms. The topological polar surface area (TPSA) is 21.3 Å². The second kappa shape index (κ2) is 8.85. The number of benzene rings is 2. The van der Waals surface area contributed by atoms with Gasteiger partial charge in [0.05, 0.1) is 6.61 Å². The Morgan fingerprint density at radius 3 is 2.62 bits per heavy atom. The molecule has 1 atom stereocenters. The van der Waals surface area contributed by atoms with E-state index in [-0.39, 0.29) is 0 Å². The van der Waals surface area contributed by atoms with Crippen molar-refractivity contribution >= 4 is 15.9 Å². The van der Waals surface area contributed by atoms with E-state index in [0.29, 0.717) is 5.92 Å². The fraction of sp³-hybridized carbons (Fsp3) is 0.333. The Morgan fingerprint density at radius 1 is 1.10 bits per heavy atom. The highest BCUT2D eigenvalue weighted by atomic mass is 79.9. The third kappa shape index (κ3) is 5.52. The highest BCUT2D eigenvalue weighted by Gasteiger charge is 2.11. The van der Waals surface area contributed by atoms with E-state index in [0.717, 1.165) is 36.2 Å². The van der Waals surface area contributed by atoms with Crippen LogP contribution in [0.1, 0.15) is 24.3 Å². The van der Waals surface area contributed by atoms with Crippen LogP contribution < -0.4 is 10.1 Å². The molecule has 0 bridgehead atoms. The van der Waals surface area contributed by atoms with E-state index in [2.05, 4.69) is 45.5 Å². The van der Waals surface area contributed by atoms with Crippen LogP contribution in [-0.4, -0.2) is 20.2 Å². The highest BCUT2D eigenvalue weighted by molar-refractivity contribution is 9.10. The zero-order valence-electron chi connectivity index (χ0n) is 12.4. The summed E-state index contributed by atoms with van der Waals surface area (Å²) in [6, 6.07) is 18.6. The van der Waals surface area contributed by atoms with Gasteiger partial charge in [-0.1, -0.05) is 46.3 Å². The molecule has 112 valence electrons. The maximum absolute atomic E-state index is 5.76. The molecule has 0 aliphatic heterocycles. The average Bonchev–Trinajstić information content (AvgIpc) is 2.51. The lowest BCUT2D eigenvalue weighted by molar-refractivity contribution is 0.301. The van der Waals surface area contributed by atoms with Crippen molar-refractivity contribution in [1.82, 2.24) is 5.32 Å². The van der Waals surface area contributed by atoms with Gasteiger partial charge < -0.3 is 10.1 Å². The van der Waals surface area contributed by atoms with E-state index >= 15 is 0 Å². The molecule has 0 aliphatic rings. The smallest absolute Gasteiger partial charge is 0.119 e. The minimum atomic E-state index is 0.520. The quantitative estimate of drug-likeness (QED) is 0.704. The Morgan fingerprint density at radius 2 is 1.90 bits per heavy atom. The molecule has 2 rings (SSSR count). The van der Waals surface area contributed by atoms with Crippen LogP contribution in [0.15, 0.2) is 59.1 Å². The van der Waals surface area contributed by atoms with Crippen LogP contribution in [-0.2, 0) is 0 Å². The molecule has 3 heteroatoms. The molecule has 0 fully saturated rings. The molecular formula is C18H22BrNO. The molecule has 1 unspecified atom stereocenters. The number of hydrogen-bond acceptors (Lipinski definition) is 2. The molecular weight excluding hydrogens is 326 g/mol. The van der Waals surface area contributed by atoms with Crippen LogP contribution in [0.3, 0.4) is 0 Å². The number of para-hydroxylation sites is 1. The van der Waals surface area contributed by atoms with Crippen LogP contribution in [0.5, 0.6) is 5.75 Å². The Balaban J connectivity index is 1.83. The van der Waals surface area contributed by atoms with Gasteiger partial charge in [0, 0.05) is 11.0 Å². The van der Waals surface area contributed by atoms with Gasteiger partial charge in [0.25, 0.3) is 0 Å². The number of halogens is 1. The Hall–Kier alpha value is -1.32. The third-order valence-corrected chi connectivity index (χ3v) is 3.97. The van der Waals surface area contributed by atoms with Gasteiger partial charge in [0.1, 0.15) is 5.75 Å². The number of likely N-dealkylation sites (N-methyl/N-ethyl adjacent to an activating group) is 1. The predicted molar refractivity (Wildman–Crippen MR) is 92.0 cm³/mol. The number of ether oxygens (including phenoxy) is 1. The van der Waals surface area contributed by atoms with Crippen LogP contribution in [0.2, 0.25) is 0 Å². The summed E-state index contributed by atoms with van der Waals surface area (Å²) in [4.78, 5) is 0. The van der Waals surface area contributed by atoms with Gasteiger partial charge >= 0.3 is 0 Å². The van der Waals surface area contributed by atoms with Crippen LogP contribution >= 0.6 is 15.9 Å². The molecule has 0 saturated heterocycles. The van der Waals surface area contributed by atoms with Crippen molar-refractivity contribution in [2.24, 2.45) is 0 Å². The van der Waals surface area contributed by atoms with E-state index < -0.39 is 0 Å². The maximum Gasteiger partial charge on any atom is 0.119 e. The molecule has 2 nitrogen and oxygen atoms in total. The lowest BCUT2D eigenvalue weighted by Crippen LogP contribution is -2.18. The molecule has 2 aromatic rings. The van der Waals surface area contributed by atoms with Crippen molar-refractivity contribution in [3.63, 3.8) is 0 Å². The van der Waals surface area contributed by atoms with E-state index in [4.69, 9.17) is 4.74 Å². The number of hydrogen-bond donors (Lipinski definition) is 1. The first-order chi connectivity index (χ1) is 10.3. The van der Waals surface area contributed by atoms with Crippen LogP contribution in [0.4, 0.5) is 0 Å². The number of rotatable bonds is 8. The molecule has 0 spiro atoms.